The number of benzene rings is 10. The number of rotatable bonds is 7. The molecule has 6 nitrogen and oxygen atoms in total. The molecule has 0 aliphatic carbocycles. The lowest BCUT2D eigenvalue weighted by atomic mass is 10.0. The summed E-state index contributed by atoms with van der Waals surface area (Å²) in [6.45, 7) is 0. The van der Waals surface area contributed by atoms with Crippen molar-refractivity contribution in [2.45, 2.75) is 0 Å². The second kappa shape index (κ2) is 15.6. The van der Waals surface area contributed by atoms with Crippen LogP contribution in [0.25, 0.3) is 128 Å². The van der Waals surface area contributed by atoms with Gasteiger partial charge in [-0.1, -0.05) is 194 Å². The molecule has 0 saturated carbocycles. The van der Waals surface area contributed by atoms with Crippen LogP contribution in [-0.4, -0.2) is 28.7 Å². The Bertz CT molecular complexity index is 4240. The Morgan fingerprint density at radius 1 is 0.275 bits per heavy atom. The highest BCUT2D eigenvalue weighted by Gasteiger charge is 2.24. The van der Waals surface area contributed by atoms with Crippen LogP contribution in [0.2, 0.25) is 0 Å². The van der Waals surface area contributed by atoms with Crippen LogP contribution in [0.1, 0.15) is 0 Å². The Balaban J connectivity index is 1.06. The molecule has 14 aromatic rings. The Hall–Kier alpha value is -9.39. The summed E-state index contributed by atoms with van der Waals surface area (Å²) in [5.74, 6) is 1.73. The van der Waals surface area contributed by atoms with E-state index in [9.17, 15) is 0 Å². The van der Waals surface area contributed by atoms with Gasteiger partial charge in [-0.25, -0.2) is 4.98 Å². The Labute approximate surface area is 397 Å². The summed E-state index contributed by atoms with van der Waals surface area (Å²) in [5.41, 5.74) is 15.1. The second-order valence-electron chi connectivity index (χ2n) is 17.6. The molecule has 0 atom stereocenters. The standard InChI is InChI=1S/C63H40N6/c1-4-19-41(20-5-1)44-25-18-26-46(39-44)67-56-34-17-13-30-52(56)59-57(67)38-37-51-50-29-12-16-33-55(50)69(60(51)59)63-65-61(43-23-8-3-9-24-43)64-62(66-63)45-35-36-47(42-21-6-2-7-22-42)58(40-45)68-53-31-14-10-27-48(53)49-28-11-15-32-54(49)68/h1-40H. The van der Waals surface area contributed by atoms with Crippen LogP contribution in [0.4, 0.5) is 0 Å². The Morgan fingerprint density at radius 2 is 0.783 bits per heavy atom. The predicted molar refractivity (Wildman–Crippen MR) is 285 cm³/mol. The van der Waals surface area contributed by atoms with Gasteiger partial charge in [-0.15, -0.1) is 0 Å². The molecule has 0 radical (unpaired) electrons. The molecular weight excluding hydrogens is 841 g/mol. The van der Waals surface area contributed by atoms with Crippen molar-refractivity contribution >= 4 is 65.4 Å². The van der Waals surface area contributed by atoms with Gasteiger partial charge in [-0.2, -0.15) is 9.97 Å². The van der Waals surface area contributed by atoms with Gasteiger partial charge in [0.1, 0.15) is 0 Å². The molecule has 0 fully saturated rings. The topological polar surface area (TPSA) is 53.5 Å². The van der Waals surface area contributed by atoms with Gasteiger partial charge < -0.3 is 9.13 Å². The van der Waals surface area contributed by atoms with Crippen LogP contribution in [0.3, 0.4) is 0 Å². The average Bonchev–Trinajstić information content (AvgIpc) is 4.07. The lowest BCUT2D eigenvalue weighted by molar-refractivity contribution is 0.955. The van der Waals surface area contributed by atoms with Gasteiger partial charge in [0, 0.05) is 54.7 Å². The lowest BCUT2D eigenvalue weighted by Crippen LogP contribution is -2.07. The maximum absolute atomic E-state index is 5.54. The van der Waals surface area contributed by atoms with Gasteiger partial charge in [0.25, 0.3) is 0 Å². The molecule has 0 amide bonds. The zero-order valence-corrected chi connectivity index (χ0v) is 37.3. The molecule has 322 valence electrons. The highest BCUT2D eigenvalue weighted by molar-refractivity contribution is 6.26. The first-order chi connectivity index (χ1) is 34.2. The first kappa shape index (κ1) is 38.8. The van der Waals surface area contributed by atoms with Crippen LogP contribution >= 0.6 is 0 Å². The summed E-state index contributed by atoms with van der Waals surface area (Å²) in [6, 6.07) is 86.2. The SMILES string of the molecule is c1ccc(-c2cccc(-n3c4ccccc4c4c3ccc3c5ccccc5n(-c5nc(-c6ccccc6)nc(-c6ccc(-c7ccccc7)c(-n7c8ccccc8c8ccccc87)c6)n5)c34)c2)cc1. The summed E-state index contributed by atoms with van der Waals surface area (Å²) in [4.78, 5) is 16.3. The molecule has 0 aliphatic rings. The quantitative estimate of drug-likeness (QED) is 0.160. The average molecular weight is 881 g/mol. The molecule has 10 aromatic carbocycles. The zero-order chi connectivity index (χ0) is 45.4. The van der Waals surface area contributed by atoms with E-state index in [0.29, 0.717) is 17.6 Å². The monoisotopic (exact) mass is 880 g/mol. The van der Waals surface area contributed by atoms with Crippen molar-refractivity contribution in [2.75, 3.05) is 0 Å². The van der Waals surface area contributed by atoms with E-state index in [0.717, 1.165) is 88.3 Å². The molecule has 0 aliphatic heterocycles. The number of hydrogen-bond donors (Lipinski definition) is 0. The van der Waals surface area contributed by atoms with Gasteiger partial charge >= 0.3 is 0 Å². The Kier molecular flexibility index (Phi) is 8.79. The highest BCUT2D eigenvalue weighted by Crippen LogP contribution is 2.43. The van der Waals surface area contributed by atoms with Crippen molar-refractivity contribution < 1.29 is 0 Å². The molecular formula is C63H40N6. The van der Waals surface area contributed by atoms with Crippen molar-refractivity contribution in [1.29, 1.82) is 0 Å². The first-order valence-electron chi connectivity index (χ1n) is 23.4. The highest BCUT2D eigenvalue weighted by atomic mass is 15.2. The van der Waals surface area contributed by atoms with E-state index in [-0.39, 0.29) is 0 Å². The van der Waals surface area contributed by atoms with Crippen molar-refractivity contribution in [3.63, 3.8) is 0 Å². The van der Waals surface area contributed by atoms with Crippen molar-refractivity contribution in [2.24, 2.45) is 0 Å². The van der Waals surface area contributed by atoms with Crippen LogP contribution in [0.15, 0.2) is 243 Å². The van der Waals surface area contributed by atoms with Crippen LogP contribution < -0.4 is 0 Å². The minimum Gasteiger partial charge on any atom is -0.309 e. The van der Waals surface area contributed by atoms with E-state index in [1.54, 1.807) is 0 Å². The maximum Gasteiger partial charge on any atom is 0.238 e. The van der Waals surface area contributed by atoms with Crippen molar-refractivity contribution in [1.82, 2.24) is 28.7 Å². The summed E-state index contributed by atoms with van der Waals surface area (Å²) >= 11 is 0. The zero-order valence-electron chi connectivity index (χ0n) is 37.3. The van der Waals surface area contributed by atoms with E-state index in [1.807, 2.05) is 18.2 Å². The van der Waals surface area contributed by atoms with Crippen LogP contribution in [0.5, 0.6) is 0 Å². The second-order valence-corrected chi connectivity index (χ2v) is 17.6. The van der Waals surface area contributed by atoms with Gasteiger partial charge in [-0.3, -0.25) is 4.57 Å². The van der Waals surface area contributed by atoms with E-state index in [4.69, 9.17) is 15.0 Å². The molecule has 69 heavy (non-hydrogen) atoms. The molecule has 14 rings (SSSR count). The fourth-order valence-electron chi connectivity index (χ4n) is 10.7. The lowest BCUT2D eigenvalue weighted by Gasteiger charge is -2.16. The van der Waals surface area contributed by atoms with Gasteiger partial charge in [0.15, 0.2) is 11.6 Å². The molecule has 4 aromatic heterocycles. The smallest absolute Gasteiger partial charge is 0.238 e. The number of fused-ring (bicyclic) bond motifs is 10. The van der Waals surface area contributed by atoms with E-state index < -0.39 is 0 Å². The minimum absolute atomic E-state index is 0.547. The summed E-state index contributed by atoms with van der Waals surface area (Å²) in [6.07, 6.45) is 0. The van der Waals surface area contributed by atoms with E-state index >= 15 is 0 Å². The van der Waals surface area contributed by atoms with Crippen LogP contribution in [-0.2, 0) is 0 Å². The first-order valence-corrected chi connectivity index (χ1v) is 23.4. The fraction of sp³-hybridized carbons (Fsp3) is 0. The third-order valence-corrected chi connectivity index (χ3v) is 13.7. The van der Waals surface area contributed by atoms with Gasteiger partial charge in [0.2, 0.25) is 5.95 Å². The van der Waals surface area contributed by atoms with E-state index in [1.165, 1.54) is 21.9 Å². The third kappa shape index (κ3) is 6.16. The molecule has 0 N–H and O–H groups in total. The number of nitrogens with zero attached hydrogens (tertiary/aromatic N) is 6. The Morgan fingerprint density at radius 3 is 1.43 bits per heavy atom. The molecule has 6 heteroatoms. The number of para-hydroxylation sites is 4. The van der Waals surface area contributed by atoms with Crippen LogP contribution in [0, 0.1) is 0 Å². The minimum atomic E-state index is 0.547. The molecule has 0 spiro atoms. The summed E-state index contributed by atoms with van der Waals surface area (Å²) in [5, 5.41) is 6.94. The van der Waals surface area contributed by atoms with Gasteiger partial charge in [0.05, 0.1) is 38.8 Å². The molecule has 0 bridgehead atoms. The fourth-order valence-corrected chi connectivity index (χ4v) is 10.7. The normalized spacial score (nSPS) is 11.8. The third-order valence-electron chi connectivity index (χ3n) is 13.7. The molecule has 0 unspecified atom stereocenters. The van der Waals surface area contributed by atoms with Crippen molar-refractivity contribution in [3.8, 4) is 62.4 Å². The number of aromatic nitrogens is 6. The number of hydrogen-bond acceptors (Lipinski definition) is 3. The maximum atomic E-state index is 5.54. The molecule has 0 saturated heterocycles. The summed E-state index contributed by atoms with van der Waals surface area (Å²) in [7, 11) is 0. The van der Waals surface area contributed by atoms with E-state index in [2.05, 4.69) is 238 Å². The molecule has 4 heterocycles. The summed E-state index contributed by atoms with van der Waals surface area (Å²) < 4.78 is 7.07. The van der Waals surface area contributed by atoms with Crippen molar-refractivity contribution in [3.05, 3.63) is 243 Å². The largest absolute Gasteiger partial charge is 0.309 e. The predicted octanol–water partition coefficient (Wildman–Crippen LogP) is 15.8. The van der Waals surface area contributed by atoms with Gasteiger partial charge in [-0.05, 0) is 65.2 Å².